The van der Waals surface area contributed by atoms with Crippen LogP contribution in [0.1, 0.15) is 12.6 Å². The fourth-order valence-corrected chi connectivity index (χ4v) is 3.46. The normalized spacial score (nSPS) is 13.3. The van der Waals surface area contributed by atoms with Crippen LogP contribution >= 0.6 is 0 Å². The molecule has 126 valence electrons. The van der Waals surface area contributed by atoms with Crippen molar-refractivity contribution in [1.29, 1.82) is 0 Å². The van der Waals surface area contributed by atoms with Gasteiger partial charge in [0.05, 0.1) is 11.8 Å². The zero-order chi connectivity index (χ0) is 17.3. The number of rotatable bonds is 5. The number of aliphatic hydroxyl groups is 1. The third-order valence-corrected chi connectivity index (χ3v) is 4.97. The number of aromatic nitrogens is 3. The Morgan fingerprint density at radius 2 is 2.08 bits per heavy atom. The van der Waals surface area contributed by atoms with E-state index in [4.69, 9.17) is 0 Å². The SMILES string of the molecule is Cc1cc2c(-c3ccc(S(=O)(=O)NCC(C)O)cn3)ccnc2[nH]1. The average molecular weight is 346 g/mol. The Balaban J connectivity index is 1.94. The van der Waals surface area contributed by atoms with Gasteiger partial charge >= 0.3 is 0 Å². The van der Waals surface area contributed by atoms with Gasteiger partial charge in [-0.2, -0.15) is 0 Å². The van der Waals surface area contributed by atoms with E-state index in [2.05, 4.69) is 19.7 Å². The highest BCUT2D eigenvalue weighted by molar-refractivity contribution is 7.89. The third kappa shape index (κ3) is 3.30. The Labute approximate surface area is 139 Å². The molecular formula is C16H18N4O3S. The molecular weight excluding hydrogens is 328 g/mol. The summed E-state index contributed by atoms with van der Waals surface area (Å²) in [6, 6.07) is 6.98. The minimum Gasteiger partial charge on any atom is -0.392 e. The molecule has 3 N–H and O–H groups in total. The van der Waals surface area contributed by atoms with Crippen molar-refractivity contribution in [1.82, 2.24) is 19.7 Å². The molecule has 0 fully saturated rings. The summed E-state index contributed by atoms with van der Waals surface area (Å²) < 4.78 is 26.6. The summed E-state index contributed by atoms with van der Waals surface area (Å²) in [6.07, 6.45) is 2.24. The van der Waals surface area contributed by atoms with Crippen molar-refractivity contribution in [3.05, 3.63) is 42.4 Å². The van der Waals surface area contributed by atoms with E-state index >= 15 is 0 Å². The summed E-state index contributed by atoms with van der Waals surface area (Å²) in [5.41, 5.74) is 3.30. The summed E-state index contributed by atoms with van der Waals surface area (Å²) in [4.78, 5) is 11.8. The van der Waals surface area contributed by atoms with Gasteiger partial charge in [0.2, 0.25) is 10.0 Å². The molecule has 0 saturated heterocycles. The Morgan fingerprint density at radius 3 is 2.75 bits per heavy atom. The van der Waals surface area contributed by atoms with Gasteiger partial charge < -0.3 is 10.1 Å². The number of aliphatic hydroxyl groups excluding tert-OH is 1. The largest absolute Gasteiger partial charge is 0.392 e. The second kappa shape index (κ2) is 6.31. The van der Waals surface area contributed by atoms with Crippen LogP contribution in [0.5, 0.6) is 0 Å². The zero-order valence-corrected chi connectivity index (χ0v) is 14.1. The number of aromatic amines is 1. The molecule has 0 aliphatic heterocycles. The van der Waals surface area contributed by atoms with Gasteiger partial charge in [-0.15, -0.1) is 0 Å². The topological polar surface area (TPSA) is 108 Å². The van der Waals surface area contributed by atoms with Crippen LogP contribution in [-0.4, -0.2) is 41.1 Å². The quantitative estimate of drug-likeness (QED) is 0.650. The molecule has 0 radical (unpaired) electrons. The summed E-state index contributed by atoms with van der Waals surface area (Å²) in [5, 5.41) is 10.1. The number of pyridine rings is 2. The van der Waals surface area contributed by atoms with E-state index in [1.54, 1.807) is 12.3 Å². The Bertz CT molecular complexity index is 963. The predicted octanol–water partition coefficient (Wildman–Crippen LogP) is 1.59. The monoisotopic (exact) mass is 346 g/mol. The number of aryl methyl sites for hydroxylation is 1. The van der Waals surface area contributed by atoms with E-state index in [0.29, 0.717) is 5.69 Å². The van der Waals surface area contributed by atoms with Gasteiger partial charge in [0.25, 0.3) is 0 Å². The van der Waals surface area contributed by atoms with Crippen molar-refractivity contribution in [2.24, 2.45) is 0 Å². The molecule has 3 rings (SSSR count). The van der Waals surface area contributed by atoms with Crippen molar-refractivity contribution in [3.63, 3.8) is 0 Å². The van der Waals surface area contributed by atoms with Crippen LogP contribution < -0.4 is 4.72 Å². The van der Waals surface area contributed by atoms with E-state index in [-0.39, 0.29) is 11.4 Å². The van der Waals surface area contributed by atoms with Crippen molar-refractivity contribution in [3.8, 4) is 11.3 Å². The first-order valence-corrected chi connectivity index (χ1v) is 8.93. The van der Waals surface area contributed by atoms with Crippen LogP contribution in [0.4, 0.5) is 0 Å². The van der Waals surface area contributed by atoms with Crippen LogP contribution in [0.3, 0.4) is 0 Å². The first-order chi connectivity index (χ1) is 11.4. The molecule has 0 aliphatic carbocycles. The molecule has 3 aromatic rings. The molecule has 0 aromatic carbocycles. The molecule has 0 aliphatic rings. The maximum atomic E-state index is 12.1. The predicted molar refractivity (Wildman–Crippen MR) is 90.9 cm³/mol. The van der Waals surface area contributed by atoms with Gasteiger partial charge in [-0.1, -0.05) is 0 Å². The zero-order valence-electron chi connectivity index (χ0n) is 13.3. The van der Waals surface area contributed by atoms with E-state index in [9.17, 15) is 13.5 Å². The van der Waals surface area contributed by atoms with E-state index in [0.717, 1.165) is 22.3 Å². The lowest BCUT2D eigenvalue weighted by molar-refractivity contribution is 0.198. The molecule has 1 atom stereocenters. The average Bonchev–Trinajstić information content (AvgIpc) is 2.93. The number of hydrogen-bond donors (Lipinski definition) is 3. The van der Waals surface area contributed by atoms with Crippen LogP contribution in [0.2, 0.25) is 0 Å². The molecule has 0 bridgehead atoms. The molecule has 24 heavy (non-hydrogen) atoms. The molecule has 8 heteroatoms. The Hall–Kier alpha value is -2.29. The van der Waals surface area contributed by atoms with Gasteiger partial charge in [0, 0.05) is 35.6 Å². The standard InChI is InChI=1S/C16H18N4O3S/c1-10-7-14-13(5-6-17-16(14)20-10)15-4-3-12(9-18-15)24(22,23)19-8-11(2)21/h3-7,9,11,19,21H,8H2,1-2H3,(H,17,20). The maximum Gasteiger partial charge on any atom is 0.242 e. The lowest BCUT2D eigenvalue weighted by atomic mass is 10.1. The van der Waals surface area contributed by atoms with Gasteiger partial charge in [-0.3, -0.25) is 4.98 Å². The van der Waals surface area contributed by atoms with E-state index < -0.39 is 16.1 Å². The lowest BCUT2D eigenvalue weighted by Gasteiger charge is -2.09. The third-order valence-electron chi connectivity index (χ3n) is 3.56. The molecule has 0 amide bonds. The minimum atomic E-state index is -3.68. The smallest absolute Gasteiger partial charge is 0.242 e. The lowest BCUT2D eigenvalue weighted by Crippen LogP contribution is -2.30. The molecule has 0 saturated carbocycles. The van der Waals surface area contributed by atoms with Gasteiger partial charge in [0.15, 0.2) is 0 Å². The van der Waals surface area contributed by atoms with Crippen molar-refractivity contribution in [2.75, 3.05) is 6.54 Å². The van der Waals surface area contributed by atoms with E-state index in [1.165, 1.54) is 19.2 Å². The second-order valence-electron chi connectivity index (χ2n) is 5.65. The number of nitrogens with zero attached hydrogens (tertiary/aromatic N) is 2. The number of sulfonamides is 1. The summed E-state index contributed by atoms with van der Waals surface area (Å²) in [7, 11) is -3.68. The van der Waals surface area contributed by atoms with Gasteiger partial charge in [-0.05, 0) is 38.1 Å². The fraction of sp³-hybridized carbons (Fsp3) is 0.250. The second-order valence-corrected chi connectivity index (χ2v) is 7.42. The van der Waals surface area contributed by atoms with Gasteiger partial charge in [0.1, 0.15) is 10.5 Å². The van der Waals surface area contributed by atoms with Crippen LogP contribution in [0, 0.1) is 6.92 Å². The minimum absolute atomic E-state index is 0.0440. The van der Waals surface area contributed by atoms with Gasteiger partial charge in [-0.25, -0.2) is 18.1 Å². The first-order valence-electron chi connectivity index (χ1n) is 7.45. The van der Waals surface area contributed by atoms with Crippen LogP contribution in [0.15, 0.2) is 41.6 Å². The van der Waals surface area contributed by atoms with Crippen LogP contribution in [-0.2, 0) is 10.0 Å². The first kappa shape index (κ1) is 16.6. The highest BCUT2D eigenvalue weighted by atomic mass is 32.2. The number of hydrogen-bond acceptors (Lipinski definition) is 5. The summed E-state index contributed by atoms with van der Waals surface area (Å²) in [5.74, 6) is 0. The van der Waals surface area contributed by atoms with Crippen molar-refractivity contribution < 1.29 is 13.5 Å². The number of fused-ring (bicyclic) bond motifs is 1. The van der Waals surface area contributed by atoms with Crippen molar-refractivity contribution in [2.45, 2.75) is 24.8 Å². The maximum absolute atomic E-state index is 12.1. The fourth-order valence-electron chi connectivity index (χ4n) is 2.39. The molecule has 0 spiro atoms. The molecule has 7 nitrogen and oxygen atoms in total. The Kier molecular flexibility index (Phi) is 4.35. The molecule has 3 heterocycles. The van der Waals surface area contributed by atoms with E-state index in [1.807, 2.05) is 19.1 Å². The van der Waals surface area contributed by atoms with Crippen LogP contribution in [0.25, 0.3) is 22.3 Å². The highest BCUT2D eigenvalue weighted by Crippen LogP contribution is 2.27. The summed E-state index contributed by atoms with van der Waals surface area (Å²) >= 11 is 0. The Morgan fingerprint density at radius 1 is 1.29 bits per heavy atom. The number of nitrogens with one attached hydrogen (secondary N) is 2. The number of H-pyrrole nitrogens is 1. The molecule has 3 aromatic heterocycles. The van der Waals surface area contributed by atoms with Crippen molar-refractivity contribution >= 4 is 21.1 Å². The molecule has 1 unspecified atom stereocenters. The summed E-state index contributed by atoms with van der Waals surface area (Å²) in [6.45, 7) is 3.41. The highest BCUT2D eigenvalue weighted by Gasteiger charge is 2.16.